The van der Waals surface area contributed by atoms with Gasteiger partial charge >= 0.3 is 0 Å². The summed E-state index contributed by atoms with van der Waals surface area (Å²) in [5.74, 6) is 0. The summed E-state index contributed by atoms with van der Waals surface area (Å²) < 4.78 is 0. The van der Waals surface area contributed by atoms with E-state index in [1.165, 1.54) is 5.56 Å². The number of aromatic amines is 1. The van der Waals surface area contributed by atoms with Gasteiger partial charge in [0.25, 0.3) is 0 Å². The van der Waals surface area contributed by atoms with Crippen LogP contribution in [0.3, 0.4) is 0 Å². The third-order valence-corrected chi connectivity index (χ3v) is 2.22. The predicted molar refractivity (Wildman–Crippen MR) is 53.8 cm³/mol. The maximum absolute atomic E-state index is 5.87. The molecule has 0 fully saturated rings. The van der Waals surface area contributed by atoms with Crippen LogP contribution in [-0.4, -0.2) is 9.97 Å². The van der Waals surface area contributed by atoms with Crippen LogP contribution >= 0.6 is 11.6 Å². The number of nitrogens with zero attached hydrogens (tertiary/aromatic N) is 1. The van der Waals surface area contributed by atoms with E-state index < -0.39 is 0 Å². The first-order valence-corrected chi connectivity index (χ1v) is 4.41. The lowest BCUT2D eigenvalue weighted by atomic mass is 10.1. The zero-order valence-corrected chi connectivity index (χ0v) is 7.97. The van der Waals surface area contributed by atoms with E-state index >= 15 is 0 Å². The van der Waals surface area contributed by atoms with Crippen molar-refractivity contribution in [1.82, 2.24) is 9.97 Å². The molecular weight excluding hydrogens is 184 g/mol. The zero-order valence-electron chi connectivity index (χ0n) is 7.21. The molecule has 3 heteroatoms. The minimum Gasteiger partial charge on any atom is -0.343 e. The molecule has 0 amide bonds. The number of halogens is 1. The minimum atomic E-state index is 0.517. The molecule has 0 saturated carbocycles. The molecule has 0 saturated heterocycles. The first-order valence-electron chi connectivity index (χ1n) is 4.03. The molecule has 2 nitrogen and oxygen atoms in total. The normalized spacial score (nSPS) is 10.3. The van der Waals surface area contributed by atoms with Gasteiger partial charge in [-0.05, 0) is 6.92 Å². The van der Waals surface area contributed by atoms with Crippen LogP contribution < -0.4 is 0 Å². The molecule has 66 valence electrons. The Morgan fingerprint density at radius 3 is 2.46 bits per heavy atom. The van der Waals surface area contributed by atoms with Gasteiger partial charge in [0.2, 0.25) is 0 Å². The molecule has 1 aromatic heterocycles. The fourth-order valence-electron chi connectivity index (χ4n) is 1.20. The number of hydrogen-bond acceptors (Lipinski definition) is 1. The molecule has 0 radical (unpaired) electrons. The molecule has 0 unspecified atom stereocenters. The molecule has 1 heterocycles. The monoisotopic (exact) mass is 192 g/mol. The van der Waals surface area contributed by atoms with E-state index in [-0.39, 0.29) is 0 Å². The Bertz CT molecular complexity index is 403. The first-order chi connectivity index (χ1) is 6.27. The maximum atomic E-state index is 5.87. The number of rotatable bonds is 1. The predicted octanol–water partition coefficient (Wildman–Crippen LogP) is 3.04. The van der Waals surface area contributed by atoms with Crippen LogP contribution in [0.25, 0.3) is 11.3 Å². The fourth-order valence-corrected chi connectivity index (χ4v) is 1.41. The second-order valence-electron chi connectivity index (χ2n) is 2.93. The Labute approximate surface area is 81.6 Å². The van der Waals surface area contributed by atoms with Crippen molar-refractivity contribution in [1.29, 1.82) is 0 Å². The highest BCUT2D eigenvalue weighted by atomic mass is 35.5. The molecule has 0 aliphatic rings. The van der Waals surface area contributed by atoms with Crippen LogP contribution in [0.1, 0.15) is 5.56 Å². The van der Waals surface area contributed by atoms with Crippen molar-refractivity contribution in [3.63, 3.8) is 0 Å². The molecule has 0 aliphatic heterocycles. The average molecular weight is 193 g/mol. The van der Waals surface area contributed by atoms with Crippen molar-refractivity contribution in [2.24, 2.45) is 0 Å². The largest absolute Gasteiger partial charge is 0.343 e. The topological polar surface area (TPSA) is 28.7 Å². The molecule has 1 N–H and O–H groups in total. The summed E-state index contributed by atoms with van der Waals surface area (Å²) in [6.07, 6.45) is 1.59. The van der Waals surface area contributed by atoms with Crippen molar-refractivity contribution < 1.29 is 0 Å². The lowest BCUT2D eigenvalue weighted by molar-refractivity contribution is 1.31. The van der Waals surface area contributed by atoms with E-state index in [0.29, 0.717) is 5.15 Å². The number of aryl methyl sites for hydroxylation is 1. The number of aromatic nitrogens is 2. The SMILES string of the molecule is Cc1ccc(-c2[nH]cnc2Cl)cc1. The van der Waals surface area contributed by atoms with Crippen molar-refractivity contribution in [2.75, 3.05) is 0 Å². The van der Waals surface area contributed by atoms with E-state index in [0.717, 1.165) is 11.3 Å². The molecule has 2 rings (SSSR count). The molecule has 1 aromatic carbocycles. The van der Waals surface area contributed by atoms with Gasteiger partial charge in [-0.2, -0.15) is 0 Å². The number of nitrogens with one attached hydrogen (secondary N) is 1. The van der Waals surface area contributed by atoms with Gasteiger partial charge in [-0.15, -0.1) is 0 Å². The van der Waals surface area contributed by atoms with E-state index in [1.807, 2.05) is 24.3 Å². The zero-order chi connectivity index (χ0) is 9.26. The Kier molecular flexibility index (Phi) is 2.07. The van der Waals surface area contributed by atoms with E-state index in [4.69, 9.17) is 11.6 Å². The third kappa shape index (κ3) is 1.58. The van der Waals surface area contributed by atoms with Crippen LogP contribution in [0.5, 0.6) is 0 Å². The van der Waals surface area contributed by atoms with Crippen molar-refractivity contribution in [3.05, 3.63) is 41.3 Å². The van der Waals surface area contributed by atoms with Crippen LogP contribution in [-0.2, 0) is 0 Å². The fraction of sp³-hybridized carbons (Fsp3) is 0.100. The van der Waals surface area contributed by atoms with Gasteiger partial charge in [0.15, 0.2) is 5.15 Å². The summed E-state index contributed by atoms with van der Waals surface area (Å²) >= 11 is 5.87. The standard InChI is InChI=1S/C10H9ClN2/c1-7-2-4-8(5-3-7)9-10(11)13-6-12-9/h2-6H,1H3,(H,12,13). The Hall–Kier alpha value is -1.28. The van der Waals surface area contributed by atoms with Gasteiger partial charge < -0.3 is 4.98 Å². The summed E-state index contributed by atoms with van der Waals surface area (Å²) in [6.45, 7) is 2.05. The van der Waals surface area contributed by atoms with Gasteiger partial charge in [0.05, 0.1) is 12.0 Å². The van der Waals surface area contributed by atoms with Crippen LogP contribution in [0, 0.1) is 6.92 Å². The van der Waals surface area contributed by atoms with Crippen LogP contribution in [0.15, 0.2) is 30.6 Å². The number of benzene rings is 1. The summed E-state index contributed by atoms with van der Waals surface area (Å²) in [5.41, 5.74) is 3.18. The van der Waals surface area contributed by atoms with Gasteiger partial charge in [-0.25, -0.2) is 4.98 Å². The van der Waals surface area contributed by atoms with Gasteiger partial charge in [-0.3, -0.25) is 0 Å². The second-order valence-corrected chi connectivity index (χ2v) is 3.29. The maximum Gasteiger partial charge on any atom is 0.154 e. The van der Waals surface area contributed by atoms with E-state index in [9.17, 15) is 0 Å². The van der Waals surface area contributed by atoms with Crippen molar-refractivity contribution in [3.8, 4) is 11.3 Å². The molecule has 0 spiro atoms. The third-order valence-electron chi connectivity index (χ3n) is 1.93. The highest BCUT2D eigenvalue weighted by Crippen LogP contribution is 2.23. The molecule has 0 aliphatic carbocycles. The van der Waals surface area contributed by atoms with Gasteiger partial charge in [0, 0.05) is 5.56 Å². The average Bonchev–Trinajstić information content (AvgIpc) is 2.53. The van der Waals surface area contributed by atoms with Crippen molar-refractivity contribution >= 4 is 11.6 Å². The minimum absolute atomic E-state index is 0.517. The lowest BCUT2D eigenvalue weighted by Crippen LogP contribution is -1.78. The second kappa shape index (κ2) is 3.23. The summed E-state index contributed by atoms with van der Waals surface area (Å²) in [5, 5.41) is 0.517. The molecule has 13 heavy (non-hydrogen) atoms. The Morgan fingerprint density at radius 2 is 1.92 bits per heavy atom. The smallest absolute Gasteiger partial charge is 0.154 e. The first kappa shape index (κ1) is 8.32. The summed E-state index contributed by atoms with van der Waals surface area (Å²) in [6, 6.07) is 8.14. The summed E-state index contributed by atoms with van der Waals surface area (Å²) in [4.78, 5) is 6.92. The molecule has 0 atom stereocenters. The van der Waals surface area contributed by atoms with Crippen LogP contribution in [0.4, 0.5) is 0 Å². The Morgan fingerprint density at radius 1 is 1.23 bits per heavy atom. The van der Waals surface area contributed by atoms with Gasteiger partial charge in [-0.1, -0.05) is 41.4 Å². The molecular formula is C10H9ClN2. The van der Waals surface area contributed by atoms with Crippen molar-refractivity contribution in [2.45, 2.75) is 6.92 Å². The highest BCUT2D eigenvalue weighted by molar-refractivity contribution is 6.31. The quantitative estimate of drug-likeness (QED) is 0.739. The Balaban J connectivity index is 2.47. The summed E-state index contributed by atoms with van der Waals surface area (Å²) in [7, 11) is 0. The lowest BCUT2D eigenvalue weighted by Gasteiger charge is -1.98. The number of H-pyrrole nitrogens is 1. The van der Waals surface area contributed by atoms with Gasteiger partial charge in [0.1, 0.15) is 0 Å². The highest BCUT2D eigenvalue weighted by Gasteiger charge is 2.03. The van der Waals surface area contributed by atoms with Crippen LogP contribution in [0.2, 0.25) is 5.15 Å². The van der Waals surface area contributed by atoms with E-state index in [2.05, 4.69) is 16.9 Å². The molecule has 2 aromatic rings. The van der Waals surface area contributed by atoms with E-state index in [1.54, 1.807) is 6.33 Å². The number of imidazole rings is 1. The number of hydrogen-bond donors (Lipinski definition) is 1. The molecule has 0 bridgehead atoms.